The van der Waals surface area contributed by atoms with Gasteiger partial charge in [-0.15, -0.1) is 11.3 Å². The zero-order valence-corrected chi connectivity index (χ0v) is 12.7. The smallest absolute Gasteiger partial charge is 0.346 e. The van der Waals surface area contributed by atoms with Crippen LogP contribution in [0.25, 0.3) is 0 Å². The molecule has 9 heteroatoms. The average molecular weight is 315 g/mol. The number of carboxylic acid groups (broad SMARTS) is 1. The van der Waals surface area contributed by atoms with Crippen LogP contribution in [0.5, 0.6) is 0 Å². The van der Waals surface area contributed by atoms with Gasteiger partial charge in [-0.1, -0.05) is 0 Å². The maximum atomic E-state index is 12.4. The van der Waals surface area contributed by atoms with Crippen LogP contribution in [0.3, 0.4) is 0 Å². The quantitative estimate of drug-likeness (QED) is 0.918. The first-order valence-corrected chi connectivity index (χ1v) is 7.81. The van der Waals surface area contributed by atoms with Crippen molar-refractivity contribution in [2.45, 2.75) is 11.1 Å². The van der Waals surface area contributed by atoms with Crippen molar-refractivity contribution in [3.05, 3.63) is 28.8 Å². The summed E-state index contributed by atoms with van der Waals surface area (Å²) in [4.78, 5) is 11.0. The van der Waals surface area contributed by atoms with Crippen molar-refractivity contribution in [2.75, 3.05) is 11.4 Å². The summed E-state index contributed by atoms with van der Waals surface area (Å²) in [7, 11) is -0.737. The molecule has 0 amide bonds. The number of carboxylic acids is 1. The van der Waals surface area contributed by atoms with Gasteiger partial charge < -0.3 is 5.11 Å². The highest BCUT2D eigenvalue weighted by Gasteiger charge is 2.27. The molecule has 0 aromatic carbocycles. The van der Waals surface area contributed by atoms with Gasteiger partial charge in [-0.05, 0) is 18.6 Å². The van der Waals surface area contributed by atoms with Crippen molar-refractivity contribution in [3.8, 4) is 0 Å². The Kier molecular flexibility index (Phi) is 3.57. The summed E-state index contributed by atoms with van der Waals surface area (Å²) in [6, 6.07) is 2.93. The van der Waals surface area contributed by atoms with Crippen LogP contribution < -0.4 is 4.31 Å². The molecule has 2 heterocycles. The van der Waals surface area contributed by atoms with Gasteiger partial charge in [0.2, 0.25) is 0 Å². The number of aromatic nitrogens is 2. The van der Waals surface area contributed by atoms with Crippen LogP contribution in [0.1, 0.15) is 15.2 Å². The Morgan fingerprint density at radius 2 is 2.15 bits per heavy atom. The van der Waals surface area contributed by atoms with Crippen LogP contribution in [-0.4, -0.2) is 36.3 Å². The number of rotatable bonds is 4. The Morgan fingerprint density at radius 1 is 1.50 bits per heavy atom. The molecule has 0 saturated heterocycles. The highest BCUT2D eigenvalue weighted by molar-refractivity contribution is 7.94. The lowest BCUT2D eigenvalue weighted by molar-refractivity contribution is 0.0701. The number of hydrogen-bond donors (Lipinski definition) is 1. The van der Waals surface area contributed by atoms with Gasteiger partial charge in [0.15, 0.2) is 5.82 Å². The molecular weight excluding hydrogens is 302 g/mol. The first kappa shape index (κ1) is 14.5. The van der Waals surface area contributed by atoms with E-state index in [1.165, 1.54) is 17.8 Å². The number of nitrogens with zero attached hydrogens (tertiary/aromatic N) is 3. The van der Waals surface area contributed by atoms with Gasteiger partial charge in [-0.2, -0.15) is 5.10 Å². The minimum Gasteiger partial charge on any atom is -0.477 e. The molecule has 1 N–H and O–H groups in total. The van der Waals surface area contributed by atoms with E-state index in [-0.39, 0.29) is 14.9 Å². The molecule has 2 aromatic heterocycles. The second kappa shape index (κ2) is 4.91. The number of aromatic carboxylic acids is 1. The lowest BCUT2D eigenvalue weighted by Gasteiger charge is -2.14. The van der Waals surface area contributed by atoms with Gasteiger partial charge in [0.05, 0.1) is 0 Å². The molecule has 0 unspecified atom stereocenters. The fraction of sp³-hybridized carbons (Fsp3) is 0.273. The van der Waals surface area contributed by atoms with E-state index >= 15 is 0 Å². The Hall–Kier alpha value is -1.87. The summed E-state index contributed by atoms with van der Waals surface area (Å²) in [5.41, 5.74) is 0.426. The number of sulfonamides is 1. The average Bonchev–Trinajstić information content (AvgIpc) is 2.94. The number of anilines is 1. The van der Waals surface area contributed by atoms with Gasteiger partial charge in [0, 0.05) is 26.4 Å². The van der Waals surface area contributed by atoms with E-state index in [1.54, 1.807) is 26.2 Å². The second-order valence-electron chi connectivity index (χ2n) is 4.20. The van der Waals surface area contributed by atoms with E-state index in [9.17, 15) is 13.2 Å². The van der Waals surface area contributed by atoms with Crippen LogP contribution >= 0.6 is 11.3 Å². The molecule has 0 aliphatic heterocycles. The topological polar surface area (TPSA) is 92.5 Å². The summed E-state index contributed by atoms with van der Waals surface area (Å²) in [6.07, 6.45) is 1.63. The van der Waals surface area contributed by atoms with Crippen LogP contribution in [0.2, 0.25) is 0 Å². The minimum atomic E-state index is -3.80. The predicted molar refractivity (Wildman–Crippen MR) is 74.8 cm³/mol. The van der Waals surface area contributed by atoms with Gasteiger partial charge in [-0.3, -0.25) is 8.99 Å². The molecule has 2 aromatic rings. The third-order valence-electron chi connectivity index (χ3n) is 2.73. The van der Waals surface area contributed by atoms with Crippen LogP contribution in [0, 0.1) is 6.92 Å². The number of carbonyl (C=O) groups is 1. The lowest BCUT2D eigenvalue weighted by atomic mass is 10.3. The van der Waals surface area contributed by atoms with Crippen molar-refractivity contribution in [1.29, 1.82) is 0 Å². The largest absolute Gasteiger partial charge is 0.477 e. The third-order valence-corrected chi connectivity index (χ3v) is 6.16. The maximum Gasteiger partial charge on any atom is 0.346 e. The van der Waals surface area contributed by atoms with Crippen molar-refractivity contribution in [3.63, 3.8) is 0 Å². The van der Waals surface area contributed by atoms with Gasteiger partial charge in [0.1, 0.15) is 9.09 Å². The molecule has 108 valence electrons. The van der Waals surface area contributed by atoms with E-state index in [0.717, 1.165) is 15.6 Å². The first-order chi connectivity index (χ1) is 9.23. The molecule has 7 nitrogen and oxygen atoms in total. The summed E-state index contributed by atoms with van der Waals surface area (Å²) in [6.45, 7) is 1.57. The van der Waals surface area contributed by atoms with Gasteiger partial charge >= 0.3 is 5.97 Å². The zero-order chi connectivity index (χ0) is 15.1. The number of hydrogen-bond acceptors (Lipinski definition) is 5. The molecule has 0 atom stereocenters. The zero-order valence-electron chi connectivity index (χ0n) is 11.1. The van der Waals surface area contributed by atoms with Crippen molar-refractivity contribution in [1.82, 2.24) is 9.78 Å². The van der Waals surface area contributed by atoms with Crippen molar-refractivity contribution >= 4 is 33.1 Å². The fourth-order valence-corrected chi connectivity index (χ4v) is 4.31. The summed E-state index contributed by atoms with van der Waals surface area (Å²) in [5, 5.41) is 13.0. The molecule has 2 rings (SSSR count). The van der Waals surface area contributed by atoms with E-state index < -0.39 is 16.0 Å². The van der Waals surface area contributed by atoms with E-state index in [4.69, 9.17) is 5.11 Å². The van der Waals surface area contributed by atoms with Gasteiger partial charge in [0.25, 0.3) is 10.0 Å². The van der Waals surface area contributed by atoms with Crippen LogP contribution in [-0.2, 0) is 17.1 Å². The van der Waals surface area contributed by atoms with E-state index in [2.05, 4.69) is 5.10 Å². The molecule has 0 fully saturated rings. The Bertz CT molecular complexity index is 760. The number of aryl methyl sites for hydroxylation is 2. The lowest BCUT2D eigenvalue weighted by Crippen LogP contribution is -2.26. The molecule has 0 aliphatic rings. The molecule has 0 saturated carbocycles. The normalized spacial score (nSPS) is 11.6. The summed E-state index contributed by atoms with van der Waals surface area (Å²) >= 11 is 0.741. The van der Waals surface area contributed by atoms with E-state index in [1.807, 2.05) is 0 Å². The minimum absolute atomic E-state index is 0.0134. The standard InChI is InChI=1S/C11H13N3O4S2/c1-7-6-9(19-10(7)11(15)16)20(17,18)14(3)8-4-5-13(2)12-8/h4-6H,1-3H3,(H,15,16). The van der Waals surface area contributed by atoms with Crippen molar-refractivity contribution in [2.24, 2.45) is 7.05 Å². The summed E-state index contributed by atoms with van der Waals surface area (Å²) < 4.78 is 27.4. The van der Waals surface area contributed by atoms with Gasteiger partial charge in [-0.25, -0.2) is 13.2 Å². The molecule has 0 radical (unpaired) electrons. The predicted octanol–water partition coefficient (Wildman–Crippen LogP) is 1.31. The Morgan fingerprint density at radius 3 is 2.60 bits per heavy atom. The van der Waals surface area contributed by atoms with E-state index in [0.29, 0.717) is 5.56 Å². The molecular formula is C11H13N3O4S2. The summed E-state index contributed by atoms with van der Waals surface area (Å²) in [5.74, 6) is -0.857. The molecule has 0 bridgehead atoms. The monoisotopic (exact) mass is 315 g/mol. The highest BCUT2D eigenvalue weighted by Crippen LogP contribution is 2.29. The fourth-order valence-electron chi connectivity index (χ4n) is 1.62. The molecule has 0 spiro atoms. The maximum absolute atomic E-state index is 12.4. The Balaban J connectivity index is 2.45. The van der Waals surface area contributed by atoms with Crippen molar-refractivity contribution < 1.29 is 18.3 Å². The molecule has 0 aliphatic carbocycles. The Labute approximate surface area is 120 Å². The SMILES string of the molecule is Cc1cc(S(=O)(=O)N(C)c2ccn(C)n2)sc1C(=O)O. The molecule has 20 heavy (non-hydrogen) atoms. The van der Waals surface area contributed by atoms with Crippen LogP contribution in [0.4, 0.5) is 5.82 Å². The van der Waals surface area contributed by atoms with Crippen LogP contribution in [0.15, 0.2) is 22.5 Å². The highest BCUT2D eigenvalue weighted by atomic mass is 32.2. The number of thiophene rings is 1. The third kappa shape index (κ3) is 2.41. The second-order valence-corrected chi connectivity index (χ2v) is 7.45. The first-order valence-electron chi connectivity index (χ1n) is 5.56.